The standard InChI is InChI=1S/C11H11F3O3S/c1-18-8-4-2-3-7(9(8)10(15)16)17-6-5-11(12,13)14/h2-4H,5-6H2,1H3,(H,15,16). The topological polar surface area (TPSA) is 46.5 Å². The number of hydrogen-bond donors (Lipinski definition) is 1. The molecule has 0 heterocycles. The predicted molar refractivity (Wildman–Crippen MR) is 61.3 cm³/mol. The summed E-state index contributed by atoms with van der Waals surface area (Å²) in [6.07, 6.45) is -3.75. The molecule has 0 spiro atoms. The zero-order valence-corrected chi connectivity index (χ0v) is 10.3. The van der Waals surface area contributed by atoms with Crippen LogP contribution in [0.3, 0.4) is 0 Å². The van der Waals surface area contributed by atoms with E-state index in [0.717, 1.165) is 0 Å². The lowest BCUT2D eigenvalue weighted by Gasteiger charge is -2.12. The number of alkyl halides is 3. The predicted octanol–water partition coefficient (Wildman–Crippen LogP) is 3.44. The maximum atomic E-state index is 12.0. The first kappa shape index (κ1) is 14.7. The Balaban J connectivity index is 2.85. The maximum absolute atomic E-state index is 12.0. The van der Waals surface area contributed by atoms with Gasteiger partial charge in [-0.1, -0.05) is 6.07 Å². The van der Waals surface area contributed by atoms with Gasteiger partial charge in [0.15, 0.2) is 0 Å². The molecule has 1 rings (SSSR count). The number of benzene rings is 1. The molecule has 1 N–H and O–H groups in total. The van der Waals surface area contributed by atoms with E-state index in [1.54, 1.807) is 18.4 Å². The second kappa shape index (κ2) is 5.99. The molecule has 7 heteroatoms. The normalized spacial score (nSPS) is 11.3. The van der Waals surface area contributed by atoms with Gasteiger partial charge in [-0.2, -0.15) is 13.2 Å². The highest BCUT2D eigenvalue weighted by atomic mass is 32.2. The van der Waals surface area contributed by atoms with E-state index in [9.17, 15) is 18.0 Å². The molecular formula is C11H11F3O3S. The lowest BCUT2D eigenvalue weighted by Crippen LogP contribution is -2.14. The van der Waals surface area contributed by atoms with Gasteiger partial charge in [-0.25, -0.2) is 4.79 Å². The first-order valence-corrected chi connectivity index (χ1v) is 6.17. The minimum absolute atomic E-state index is 0.0430. The van der Waals surface area contributed by atoms with Crippen molar-refractivity contribution in [2.24, 2.45) is 0 Å². The summed E-state index contributed by atoms with van der Waals surface area (Å²) in [6, 6.07) is 4.46. The number of ether oxygens (including phenoxy) is 1. The molecule has 0 saturated carbocycles. The number of thioether (sulfide) groups is 1. The van der Waals surface area contributed by atoms with E-state index in [1.165, 1.54) is 17.8 Å². The van der Waals surface area contributed by atoms with Gasteiger partial charge in [-0.05, 0) is 18.4 Å². The molecule has 0 aliphatic carbocycles. The fourth-order valence-electron chi connectivity index (χ4n) is 1.29. The summed E-state index contributed by atoms with van der Waals surface area (Å²) in [5, 5.41) is 9.02. The molecule has 0 amide bonds. The molecule has 0 aromatic heterocycles. The van der Waals surface area contributed by atoms with Gasteiger partial charge < -0.3 is 9.84 Å². The van der Waals surface area contributed by atoms with Crippen LogP contribution in [0.2, 0.25) is 0 Å². The fraction of sp³-hybridized carbons (Fsp3) is 0.364. The molecule has 1 aromatic carbocycles. The number of halogens is 3. The summed E-state index contributed by atoms with van der Waals surface area (Å²) >= 11 is 1.19. The van der Waals surface area contributed by atoms with E-state index in [1.807, 2.05) is 0 Å². The quantitative estimate of drug-likeness (QED) is 0.839. The Bertz CT molecular complexity index is 432. The molecule has 3 nitrogen and oxygen atoms in total. The Kier molecular flexibility index (Phi) is 4.89. The number of carboxylic acid groups (broad SMARTS) is 1. The Morgan fingerprint density at radius 3 is 2.61 bits per heavy atom. The first-order chi connectivity index (χ1) is 8.35. The Morgan fingerprint density at radius 1 is 1.44 bits per heavy atom. The average Bonchev–Trinajstić information content (AvgIpc) is 2.26. The van der Waals surface area contributed by atoms with Gasteiger partial charge >= 0.3 is 12.1 Å². The number of aromatic carboxylic acids is 1. The van der Waals surface area contributed by atoms with E-state index in [4.69, 9.17) is 9.84 Å². The van der Waals surface area contributed by atoms with Crippen molar-refractivity contribution in [2.75, 3.05) is 12.9 Å². The van der Waals surface area contributed by atoms with Crippen LogP contribution in [0.4, 0.5) is 13.2 Å². The van der Waals surface area contributed by atoms with E-state index in [2.05, 4.69) is 0 Å². The van der Waals surface area contributed by atoms with Gasteiger partial charge in [0.2, 0.25) is 0 Å². The number of rotatable bonds is 5. The molecule has 18 heavy (non-hydrogen) atoms. The van der Waals surface area contributed by atoms with Crippen molar-refractivity contribution in [3.63, 3.8) is 0 Å². The molecule has 100 valence electrons. The molecule has 0 atom stereocenters. The Labute approximate surface area is 106 Å². The van der Waals surface area contributed by atoms with Crippen LogP contribution in [-0.4, -0.2) is 30.1 Å². The van der Waals surface area contributed by atoms with Gasteiger partial charge in [0, 0.05) is 4.90 Å². The van der Waals surface area contributed by atoms with Crippen LogP contribution in [0.5, 0.6) is 5.75 Å². The molecule has 0 aliphatic heterocycles. The summed E-state index contributed by atoms with van der Waals surface area (Å²) in [4.78, 5) is 11.5. The van der Waals surface area contributed by atoms with E-state index >= 15 is 0 Å². The molecule has 0 aliphatic rings. The zero-order chi connectivity index (χ0) is 13.8. The highest BCUT2D eigenvalue weighted by Gasteiger charge is 2.27. The summed E-state index contributed by atoms with van der Waals surface area (Å²) in [5.74, 6) is -1.26. The third kappa shape index (κ3) is 4.14. The van der Waals surface area contributed by atoms with Gasteiger partial charge in [0.05, 0.1) is 13.0 Å². The summed E-state index contributed by atoms with van der Waals surface area (Å²) < 4.78 is 40.8. The van der Waals surface area contributed by atoms with Crippen molar-refractivity contribution in [3.05, 3.63) is 23.8 Å². The van der Waals surface area contributed by atoms with Crippen LogP contribution < -0.4 is 4.74 Å². The van der Waals surface area contributed by atoms with E-state index < -0.39 is 25.2 Å². The van der Waals surface area contributed by atoms with E-state index in [-0.39, 0.29) is 11.3 Å². The lowest BCUT2D eigenvalue weighted by molar-refractivity contribution is -0.139. The van der Waals surface area contributed by atoms with Crippen molar-refractivity contribution in [1.82, 2.24) is 0 Å². The summed E-state index contributed by atoms with van der Waals surface area (Å²) in [5.41, 5.74) is -0.104. The van der Waals surface area contributed by atoms with Crippen molar-refractivity contribution in [3.8, 4) is 5.75 Å². The van der Waals surface area contributed by atoms with Gasteiger partial charge in [0.25, 0.3) is 0 Å². The smallest absolute Gasteiger partial charge is 0.392 e. The summed E-state index contributed by atoms with van der Waals surface area (Å²) in [7, 11) is 0. The second-order valence-electron chi connectivity index (χ2n) is 3.35. The monoisotopic (exact) mass is 280 g/mol. The molecule has 0 radical (unpaired) electrons. The average molecular weight is 280 g/mol. The largest absolute Gasteiger partial charge is 0.492 e. The van der Waals surface area contributed by atoms with Crippen LogP contribution in [0.25, 0.3) is 0 Å². The Morgan fingerprint density at radius 2 is 2.11 bits per heavy atom. The first-order valence-electron chi connectivity index (χ1n) is 4.95. The van der Waals surface area contributed by atoms with Gasteiger partial charge in [0.1, 0.15) is 11.3 Å². The SMILES string of the molecule is CSc1cccc(OCCC(F)(F)F)c1C(=O)O. The van der Waals surface area contributed by atoms with Gasteiger partial charge in [-0.3, -0.25) is 0 Å². The van der Waals surface area contributed by atoms with Crippen LogP contribution in [0, 0.1) is 0 Å². The number of carboxylic acids is 1. The molecular weight excluding hydrogens is 269 g/mol. The minimum Gasteiger partial charge on any atom is -0.492 e. The second-order valence-corrected chi connectivity index (χ2v) is 4.20. The van der Waals surface area contributed by atoms with Crippen molar-refractivity contribution < 1.29 is 27.8 Å². The van der Waals surface area contributed by atoms with Crippen molar-refractivity contribution in [2.45, 2.75) is 17.5 Å². The third-order valence-corrected chi connectivity index (χ3v) is 2.84. The van der Waals surface area contributed by atoms with Crippen LogP contribution in [-0.2, 0) is 0 Å². The fourth-order valence-corrected chi connectivity index (χ4v) is 1.90. The summed E-state index contributed by atoms with van der Waals surface area (Å²) in [6.45, 7) is -0.596. The molecule has 1 aromatic rings. The molecule has 0 fully saturated rings. The molecule has 0 unspecified atom stereocenters. The van der Waals surface area contributed by atoms with E-state index in [0.29, 0.717) is 4.90 Å². The van der Waals surface area contributed by atoms with Crippen LogP contribution in [0.15, 0.2) is 23.1 Å². The third-order valence-electron chi connectivity index (χ3n) is 2.06. The van der Waals surface area contributed by atoms with Gasteiger partial charge in [-0.15, -0.1) is 11.8 Å². The van der Waals surface area contributed by atoms with Crippen molar-refractivity contribution >= 4 is 17.7 Å². The highest BCUT2D eigenvalue weighted by molar-refractivity contribution is 7.98. The van der Waals surface area contributed by atoms with Crippen LogP contribution in [0.1, 0.15) is 16.8 Å². The minimum atomic E-state index is -4.32. The highest BCUT2D eigenvalue weighted by Crippen LogP contribution is 2.29. The number of carbonyl (C=O) groups is 1. The number of hydrogen-bond acceptors (Lipinski definition) is 3. The molecule has 0 bridgehead atoms. The van der Waals surface area contributed by atoms with Crippen molar-refractivity contribution in [1.29, 1.82) is 0 Å². The van der Waals surface area contributed by atoms with Crippen LogP contribution >= 0.6 is 11.8 Å². The molecule has 0 saturated heterocycles. The lowest BCUT2D eigenvalue weighted by atomic mass is 10.2. The Hall–Kier alpha value is -1.37. The maximum Gasteiger partial charge on any atom is 0.392 e. The zero-order valence-electron chi connectivity index (χ0n) is 9.45.